The lowest BCUT2D eigenvalue weighted by Crippen LogP contribution is -2.08. The zero-order chi connectivity index (χ0) is 9.97. The molecule has 1 aliphatic heterocycles. The van der Waals surface area contributed by atoms with Gasteiger partial charge in [0.05, 0.1) is 30.4 Å². The number of hydrogen-bond acceptors (Lipinski definition) is 3. The van der Waals surface area contributed by atoms with Crippen molar-refractivity contribution < 1.29 is 4.74 Å². The summed E-state index contributed by atoms with van der Waals surface area (Å²) in [5.74, 6) is 0. The van der Waals surface area contributed by atoms with Gasteiger partial charge in [-0.2, -0.15) is 10.4 Å². The van der Waals surface area contributed by atoms with Crippen molar-refractivity contribution in [2.45, 2.75) is 31.5 Å². The summed E-state index contributed by atoms with van der Waals surface area (Å²) in [7, 11) is 1.91. The number of aromatic nitrogens is 2. The summed E-state index contributed by atoms with van der Waals surface area (Å²) >= 11 is 0. The van der Waals surface area contributed by atoms with Gasteiger partial charge in [0.1, 0.15) is 0 Å². The SMILES string of the molecule is Cn1nccc1C1CCC(CC#N)O1. The van der Waals surface area contributed by atoms with Gasteiger partial charge in [-0.25, -0.2) is 0 Å². The van der Waals surface area contributed by atoms with Gasteiger partial charge in [0.15, 0.2) is 0 Å². The molecule has 4 nitrogen and oxygen atoms in total. The maximum absolute atomic E-state index is 8.55. The largest absolute Gasteiger partial charge is 0.368 e. The van der Waals surface area contributed by atoms with Gasteiger partial charge >= 0.3 is 0 Å². The lowest BCUT2D eigenvalue weighted by atomic mass is 10.1. The number of nitriles is 1. The van der Waals surface area contributed by atoms with Crippen LogP contribution in [-0.2, 0) is 11.8 Å². The zero-order valence-electron chi connectivity index (χ0n) is 8.18. The summed E-state index contributed by atoms with van der Waals surface area (Å²) < 4.78 is 7.58. The minimum Gasteiger partial charge on any atom is -0.368 e. The van der Waals surface area contributed by atoms with Crippen molar-refractivity contribution in [1.29, 1.82) is 5.26 Å². The highest BCUT2D eigenvalue weighted by Gasteiger charge is 2.27. The second kappa shape index (κ2) is 3.81. The first-order valence-electron chi connectivity index (χ1n) is 4.81. The smallest absolute Gasteiger partial charge is 0.0996 e. The van der Waals surface area contributed by atoms with E-state index in [1.807, 2.05) is 17.8 Å². The molecular weight excluding hydrogens is 178 g/mol. The Bertz CT molecular complexity index is 352. The summed E-state index contributed by atoms with van der Waals surface area (Å²) in [5, 5.41) is 12.7. The average Bonchev–Trinajstić information content (AvgIpc) is 2.74. The summed E-state index contributed by atoms with van der Waals surface area (Å²) in [6.07, 6.45) is 4.47. The third-order valence-corrected chi connectivity index (χ3v) is 2.62. The van der Waals surface area contributed by atoms with Gasteiger partial charge in [0.2, 0.25) is 0 Å². The molecule has 1 aromatic rings. The van der Waals surface area contributed by atoms with Crippen LogP contribution < -0.4 is 0 Å². The number of ether oxygens (including phenoxy) is 1. The van der Waals surface area contributed by atoms with E-state index in [1.54, 1.807) is 6.20 Å². The van der Waals surface area contributed by atoms with Crippen LogP contribution >= 0.6 is 0 Å². The van der Waals surface area contributed by atoms with Crippen LogP contribution in [0.5, 0.6) is 0 Å². The molecule has 74 valence electrons. The molecule has 0 saturated carbocycles. The lowest BCUT2D eigenvalue weighted by Gasteiger charge is -2.11. The predicted molar refractivity (Wildman–Crippen MR) is 50.3 cm³/mol. The van der Waals surface area contributed by atoms with Crippen molar-refractivity contribution in [3.05, 3.63) is 18.0 Å². The highest BCUT2D eigenvalue weighted by Crippen LogP contribution is 2.33. The Morgan fingerprint density at radius 1 is 1.71 bits per heavy atom. The molecule has 0 bridgehead atoms. The van der Waals surface area contributed by atoms with E-state index < -0.39 is 0 Å². The van der Waals surface area contributed by atoms with E-state index in [1.165, 1.54) is 0 Å². The number of rotatable bonds is 2. The Hall–Kier alpha value is -1.34. The molecule has 1 saturated heterocycles. The summed E-state index contributed by atoms with van der Waals surface area (Å²) in [6, 6.07) is 4.11. The molecule has 1 aromatic heterocycles. The summed E-state index contributed by atoms with van der Waals surface area (Å²) in [5.41, 5.74) is 1.10. The lowest BCUT2D eigenvalue weighted by molar-refractivity contribution is 0.0430. The van der Waals surface area contributed by atoms with Gasteiger partial charge in [0.25, 0.3) is 0 Å². The van der Waals surface area contributed by atoms with Crippen molar-refractivity contribution in [2.75, 3.05) is 0 Å². The van der Waals surface area contributed by atoms with Crippen molar-refractivity contribution in [2.24, 2.45) is 7.05 Å². The van der Waals surface area contributed by atoms with E-state index in [9.17, 15) is 0 Å². The first kappa shape index (κ1) is 9.22. The molecule has 2 rings (SSSR count). The second-order valence-electron chi connectivity index (χ2n) is 3.57. The van der Waals surface area contributed by atoms with Crippen molar-refractivity contribution in [3.8, 4) is 6.07 Å². The van der Waals surface area contributed by atoms with E-state index in [0.717, 1.165) is 18.5 Å². The summed E-state index contributed by atoms with van der Waals surface area (Å²) in [4.78, 5) is 0. The molecule has 0 aliphatic carbocycles. The van der Waals surface area contributed by atoms with Crippen molar-refractivity contribution >= 4 is 0 Å². The van der Waals surface area contributed by atoms with Gasteiger partial charge in [0, 0.05) is 13.2 Å². The third kappa shape index (κ3) is 1.64. The molecule has 14 heavy (non-hydrogen) atoms. The number of nitrogens with zero attached hydrogens (tertiary/aromatic N) is 3. The maximum Gasteiger partial charge on any atom is 0.0996 e. The number of hydrogen-bond donors (Lipinski definition) is 0. The molecule has 2 unspecified atom stereocenters. The molecule has 1 fully saturated rings. The monoisotopic (exact) mass is 191 g/mol. The van der Waals surface area contributed by atoms with E-state index >= 15 is 0 Å². The second-order valence-corrected chi connectivity index (χ2v) is 3.57. The fourth-order valence-electron chi connectivity index (χ4n) is 1.88. The molecule has 0 spiro atoms. The highest BCUT2D eigenvalue weighted by atomic mass is 16.5. The predicted octanol–water partition coefficient (Wildman–Crippen LogP) is 1.55. The molecule has 0 N–H and O–H groups in total. The van der Waals surface area contributed by atoms with Crippen molar-refractivity contribution in [3.63, 3.8) is 0 Å². The Morgan fingerprint density at radius 2 is 2.57 bits per heavy atom. The summed E-state index contributed by atoms with van der Waals surface area (Å²) in [6.45, 7) is 0. The van der Waals surface area contributed by atoms with Crippen LogP contribution in [0.2, 0.25) is 0 Å². The Morgan fingerprint density at radius 3 is 3.21 bits per heavy atom. The van der Waals surface area contributed by atoms with Crippen molar-refractivity contribution in [1.82, 2.24) is 9.78 Å². The van der Waals surface area contributed by atoms with E-state index in [-0.39, 0.29) is 12.2 Å². The molecule has 2 heterocycles. The normalized spacial score (nSPS) is 26.3. The minimum atomic E-state index is 0.111. The van der Waals surface area contributed by atoms with Gasteiger partial charge < -0.3 is 4.74 Å². The van der Waals surface area contributed by atoms with E-state index in [2.05, 4.69) is 11.2 Å². The molecule has 0 amide bonds. The van der Waals surface area contributed by atoms with Crippen LogP contribution in [-0.4, -0.2) is 15.9 Å². The van der Waals surface area contributed by atoms with Crippen LogP contribution in [0.25, 0.3) is 0 Å². The molecular formula is C10H13N3O. The minimum absolute atomic E-state index is 0.111. The quantitative estimate of drug-likeness (QED) is 0.712. The average molecular weight is 191 g/mol. The molecule has 4 heteroatoms. The van der Waals surface area contributed by atoms with E-state index in [0.29, 0.717) is 6.42 Å². The molecule has 1 aliphatic rings. The first-order valence-corrected chi connectivity index (χ1v) is 4.81. The molecule has 0 aromatic carbocycles. The standard InChI is InChI=1S/C10H13N3O/c1-13-9(5-7-12-13)10-3-2-8(14-10)4-6-11/h5,7-8,10H,2-4H2,1H3. The van der Waals surface area contributed by atoms with Crippen LogP contribution in [0.1, 0.15) is 31.1 Å². The zero-order valence-corrected chi connectivity index (χ0v) is 8.18. The van der Waals surface area contributed by atoms with E-state index in [4.69, 9.17) is 10.00 Å². The first-order chi connectivity index (χ1) is 6.81. The third-order valence-electron chi connectivity index (χ3n) is 2.62. The Kier molecular flexibility index (Phi) is 2.51. The number of aryl methyl sites for hydroxylation is 1. The van der Waals surface area contributed by atoms with Crippen LogP contribution in [0.4, 0.5) is 0 Å². The Balaban J connectivity index is 2.03. The maximum atomic E-state index is 8.55. The molecule has 0 radical (unpaired) electrons. The Labute approximate surface area is 83.1 Å². The van der Waals surface area contributed by atoms with Gasteiger partial charge in [-0.3, -0.25) is 4.68 Å². The molecule has 2 atom stereocenters. The highest BCUT2D eigenvalue weighted by molar-refractivity contribution is 5.06. The van der Waals surface area contributed by atoms with Crippen LogP contribution in [0.3, 0.4) is 0 Å². The van der Waals surface area contributed by atoms with Crippen LogP contribution in [0.15, 0.2) is 12.3 Å². The fraction of sp³-hybridized carbons (Fsp3) is 0.600. The van der Waals surface area contributed by atoms with Gasteiger partial charge in [-0.1, -0.05) is 0 Å². The fourth-order valence-corrected chi connectivity index (χ4v) is 1.88. The van der Waals surface area contributed by atoms with Crippen LogP contribution in [0, 0.1) is 11.3 Å². The van der Waals surface area contributed by atoms with Gasteiger partial charge in [-0.05, 0) is 18.9 Å². The topological polar surface area (TPSA) is 50.8 Å². The van der Waals surface area contributed by atoms with Gasteiger partial charge in [-0.15, -0.1) is 0 Å².